The molecule has 2 rings (SSSR count). The average Bonchev–Trinajstić information content (AvgIpc) is 2.75. The normalized spacial score (nSPS) is 11.7. The molecule has 32 heavy (non-hydrogen) atoms. The van der Waals surface area contributed by atoms with Crippen LogP contribution in [0.2, 0.25) is 10.0 Å². The number of amides is 2. The maximum Gasteiger partial charge on any atom is 0.261 e. The van der Waals surface area contributed by atoms with Gasteiger partial charge < -0.3 is 15.0 Å². The first-order chi connectivity index (χ1) is 15.3. The topological polar surface area (TPSA) is 58.6 Å². The van der Waals surface area contributed by atoms with Crippen molar-refractivity contribution in [2.24, 2.45) is 0 Å². The molecule has 1 atom stereocenters. The molecule has 2 aromatic carbocycles. The minimum atomic E-state index is -0.630. The molecule has 2 amide bonds. The van der Waals surface area contributed by atoms with Crippen LogP contribution >= 0.6 is 23.2 Å². The second kappa shape index (κ2) is 12.7. The first-order valence-corrected chi connectivity index (χ1v) is 11.7. The Morgan fingerprint density at radius 3 is 2.44 bits per heavy atom. The summed E-state index contributed by atoms with van der Waals surface area (Å²) in [6.07, 6.45) is 2.33. The van der Waals surface area contributed by atoms with Crippen LogP contribution in [0.4, 0.5) is 0 Å². The Morgan fingerprint density at radius 1 is 1.06 bits per heavy atom. The Kier molecular flexibility index (Phi) is 10.3. The molecular weight excluding hydrogens is 447 g/mol. The van der Waals surface area contributed by atoms with Crippen molar-refractivity contribution in [1.29, 1.82) is 0 Å². The van der Waals surface area contributed by atoms with Crippen LogP contribution in [-0.2, 0) is 16.1 Å². The van der Waals surface area contributed by atoms with Crippen LogP contribution in [0.25, 0.3) is 0 Å². The predicted octanol–water partition coefficient (Wildman–Crippen LogP) is 5.71. The second-order valence-electron chi connectivity index (χ2n) is 7.86. The summed E-state index contributed by atoms with van der Waals surface area (Å²) in [6, 6.07) is 10.2. The number of hydrogen-bond donors (Lipinski definition) is 1. The van der Waals surface area contributed by atoms with E-state index >= 15 is 0 Å². The Balaban J connectivity index is 2.23. The predicted molar refractivity (Wildman–Crippen MR) is 130 cm³/mol. The number of unbranched alkanes of at least 4 members (excludes halogenated alkanes) is 1. The van der Waals surface area contributed by atoms with Crippen LogP contribution in [0.1, 0.15) is 49.8 Å². The average molecular weight is 479 g/mol. The van der Waals surface area contributed by atoms with E-state index in [9.17, 15) is 9.59 Å². The van der Waals surface area contributed by atoms with E-state index in [0.29, 0.717) is 28.8 Å². The third-order valence-electron chi connectivity index (χ3n) is 5.41. The van der Waals surface area contributed by atoms with Crippen molar-refractivity contribution in [2.75, 3.05) is 13.2 Å². The highest BCUT2D eigenvalue weighted by Crippen LogP contribution is 2.24. The molecule has 174 valence electrons. The minimum absolute atomic E-state index is 0.174. The van der Waals surface area contributed by atoms with Crippen LogP contribution in [0, 0.1) is 13.8 Å². The number of halogens is 2. The molecule has 0 heterocycles. The summed E-state index contributed by atoms with van der Waals surface area (Å²) in [4.78, 5) is 27.7. The second-order valence-corrected chi connectivity index (χ2v) is 8.70. The lowest BCUT2D eigenvalue weighted by Crippen LogP contribution is -2.50. The van der Waals surface area contributed by atoms with Gasteiger partial charge in [-0.1, -0.05) is 55.6 Å². The highest BCUT2D eigenvalue weighted by atomic mass is 35.5. The van der Waals surface area contributed by atoms with Gasteiger partial charge in [0.2, 0.25) is 5.91 Å². The summed E-state index contributed by atoms with van der Waals surface area (Å²) >= 11 is 12.4. The van der Waals surface area contributed by atoms with Gasteiger partial charge in [0.15, 0.2) is 6.61 Å². The molecule has 0 saturated heterocycles. The zero-order valence-corrected chi connectivity index (χ0v) is 20.7. The van der Waals surface area contributed by atoms with Gasteiger partial charge in [-0.15, -0.1) is 0 Å². The summed E-state index contributed by atoms with van der Waals surface area (Å²) in [5, 5.41) is 3.90. The van der Waals surface area contributed by atoms with E-state index in [4.69, 9.17) is 27.9 Å². The molecule has 0 aromatic heterocycles. The van der Waals surface area contributed by atoms with Gasteiger partial charge in [-0.3, -0.25) is 9.59 Å². The largest absolute Gasteiger partial charge is 0.484 e. The first kappa shape index (κ1) is 26.0. The molecular formula is C25H32Cl2N2O3. The van der Waals surface area contributed by atoms with E-state index in [1.165, 1.54) is 4.90 Å². The quantitative estimate of drug-likeness (QED) is 0.420. The van der Waals surface area contributed by atoms with E-state index in [-0.39, 0.29) is 25.0 Å². The molecule has 0 fully saturated rings. The smallest absolute Gasteiger partial charge is 0.261 e. The molecule has 5 nitrogen and oxygen atoms in total. The van der Waals surface area contributed by atoms with Crippen LogP contribution in [0.5, 0.6) is 5.75 Å². The van der Waals surface area contributed by atoms with Crippen LogP contribution in [-0.4, -0.2) is 35.9 Å². The van der Waals surface area contributed by atoms with Crippen molar-refractivity contribution in [1.82, 2.24) is 10.2 Å². The van der Waals surface area contributed by atoms with Gasteiger partial charge in [-0.05, 0) is 67.6 Å². The molecule has 0 aliphatic heterocycles. The van der Waals surface area contributed by atoms with E-state index in [1.807, 2.05) is 39.0 Å². The lowest BCUT2D eigenvalue weighted by atomic mass is 10.1. The zero-order chi connectivity index (χ0) is 23.7. The summed E-state index contributed by atoms with van der Waals surface area (Å²) in [6.45, 7) is 8.55. The number of rotatable bonds is 11. The fraction of sp³-hybridized carbons (Fsp3) is 0.440. The lowest BCUT2D eigenvalue weighted by Gasteiger charge is -2.31. The monoisotopic (exact) mass is 478 g/mol. The van der Waals surface area contributed by atoms with Crippen LogP contribution in [0.3, 0.4) is 0 Å². The van der Waals surface area contributed by atoms with Crippen molar-refractivity contribution in [3.63, 3.8) is 0 Å². The van der Waals surface area contributed by atoms with Crippen molar-refractivity contribution in [3.05, 3.63) is 63.1 Å². The van der Waals surface area contributed by atoms with Gasteiger partial charge in [-0.2, -0.15) is 0 Å². The molecule has 0 bridgehead atoms. The third kappa shape index (κ3) is 7.42. The fourth-order valence-corrected chi connectivity index (χ4v) is 3.76. The van der Waals surface area contributed by atoms with E-state index in [2.05, 4.69) is 12.2 Å². The molecule has 0 saturated carbocycles. The SMILES string of the molecule is CCCCNC(=O)C(CC)N(Cc1ccc(Cl)cc1Cl)C(=O)COc1ccc(C)c(C)c1. The number of benzene rings is 2. The number of carbonyl (C=O) groups is 2. The van der Waals surface area contributed by atoms with Crippen molar-refractivity contribution in [3.8, 4) is 5.75 Å². The standard InChI is InChI=1S/C25H32Cl2N2O3/c1-5-7-12-28-25(31)23(6-2)29(15-19-9-10-20(26)14-22(19)27)24(30)16-32-21-11-8-17(3)18(4)13-21/h8-11,13-14,23H,5-7,12,15-16H2,1-4H3,(H,28,31). The van der Waals surface area contributed by atoms with Gasteiger partial charge in [0, 0.05) is 23.1 Å². The minimum Gasteiger partial charge on any atom is -0.484 e. The highest BCUT2D eigenvalue weighted by Gasteiger charge is 2.29. The Morgan fingerprint density at radius 2 is 1.81 bits per heavy atom. The molecule has 1 N–H and O–H groups in total. The molecule has 2 aromatic rings. The Labute approximate surface area is 201 Å². The third-order valence-corrected chi connectivity index (χ3v) is 6.00. The van der Waals surface area contributed by atoms with Gasteiger partial charge in [0.25, 0.3) is 5.91 Å². The Bertz CT molecular complexity index is 933. The number of ether oxygens (including phenoxy) is 1. The van der Waals surface area contributed by atoms with Crippen LogP contribution < -0.4 is 10.1 Å². The summed E-state index contributed by atoms with van der Waals surface area (Å²) in [5.41, 5.74) is 2.95. The van der Waals surface area contributed by atoms with Gasteiger partial charge >= 0.3 is 0 Å². The van der Waals surface area contributed by atoms with Gasteiger partial charge in [0.05, 0.1) is 0 Å². The Hall–Kier alpha value is -2.24. The molecule has 7 heteroatoms. The van der Waals surface area contributed by atoms with Crippen molar-refractivity contribution in [2.45, 2.75) is 59.5 Å². The van der Waals surface area contributed by atoms with Gasteiger partial charge in [-0.25, -0.2) is 0 Å². The maximum absolute atomic E-state index is 13.2. The maximum atomic E-state index is 13.2. The number of hydrogen-bond acceptors (Lipinski definition) is 3. The van der Waals surface area contributed by atoms with Gasteiger partial charge in [0.1, 0.15) is 11.8 Å². The summed E-state index contributed by atoms with van der Waals surface area (Å²) in [5.74, 6) is 0.156. The lowest BCUT2D eigenvalue weighted by molar-refractivity contribution is -0.143. The van der Waals surface area contributed by atoms with Crippen molar-refractivity contribution >= 4 is 35.0 Å². The van der Waals surface area contributed by atoms with E-state index in [1.54, 1.807) is 18.2 Å². The summed E-state index contributed by atoms with van der Waals surface area (Å²) in [7, 11) is 0. The van der Waals surface area contributed by atoms with E-state index in [0.717, 1.165) is 29.5 Å². The number of carbonyl (C=O) groups excluding carboxylic acids is 2. The fourth-order valence-electron chi connectivity index (χ4n) is 3.29. The molecule has 0 aliphatic rings. The number of nitrogens with one attached hydrogen (secondary N) is 1. The van der Waals surface area contributed by atoms with Crippen LogP contribution in [0.15, 0.2) is 36.4 Å². The molecule has 0 radical (unpaired) electrons. The highest BCUT2D eigenvalue weighted by molar-refractivity contribution is 6.35. The zero-order valence-electron chi connectivity index (χ0n) is 19.2. The summed E-state index contributed by atoms with van der Waals surface area (Å²) < 4.78 is 5.77. The number of aryl methyl sites for hydroxylation is 2. The molecule has 1 unspecified atom stereocenters. The van der Waals surface area contributed by atoms with Crippen molar-refractivity contribution < 1.29 is 14.3 Å². The number of nitrogens with zero attached hydrogens (tertiary/aromatic N) is 1. The molecule has 0 aliphatic carbocycles. The first-order valence-electron chi connectivity index (χ1n) is 11.0. The van der Waals surface area contributed by atoms with E-state index < -0.39 is 6.04 Å². The molecule has 0 spiro atoms.